The van der Waals surface area contributed by atoms with Crippen LogP contribution in [0.1, 0.15) is 5.56 Å². The van der Waals surface area contributed by atoms with Gasteiger partial charge in [0.25, 0.3) is 11.4 Å². The first-order chi connectivity index (χ1) is 7.64. The maximum absolute atomic E-state index is 12.5. The molecule has 1 aromatic rings. The van der Waals surface area contributed by atoms with Gasteiger partial charge in [-0.2, -0.15) is 13.2 Å². The molecule has 17 heavy (non-hydrogen) atoms. The van der Waals surface area contributed by atoms with Crippen LogP contribution < -0.4 is 0 Å². The molecule has 0 bridgehead atoms. The third kappa shape index (κ3) is 2.70. The molecule has 0 aliphatic rings. The van der Waals surface area contributed by atoms with Gasteiger partial charge in [0.1, 0.15) is 0 Å². The fraction of sp³-hybridized carbons (Fsp3) is 0.143. The minimum Gasteiger partial charge on any atom is -0.258 e. The molecule has 1 rings (SSSR count). The molecule has 1 aromatic carbocycles. The summed E-state index contributed by atoms with van der Waals surface area (Å²) in [6, 6.07) is 1.13. The average molecular weight is 315 g/mol. The lowest BCUT2D eigenvalue weighted by atomic mass is 10.1. The molecule has 10 heteroatoms. The van der Waals surface area contributed by atoms with Gasteiger partial charge in [0.05, 0.1) is 9.85 Å². The van der Waals surface area contributed by atoms with Crippen LogP contribution in [-0.2, 0) is 6.18 Å². The van der Waals surface area contributed by atoms with E-state index in [-0.39, 0.29) is 4.47 Å². The average Bonchev–Trinajstić information content (AvgIpc) is 2.14. The molecule has 0 aliphatic carbocycles. The number of nitrogens with zero attached hydrogens (tertiary/aromatic N) is 2. The van der Waals surface area contributed by atoms with E-state index in [1.165, 1.54) is 0 Å². The third-order valence-corrected chi connectivity index (χ3v) is 2.20. The SMILES string of the molecule is O=[N+]([O-])c1cc(Br)cc([N+](=O)[O-])c1C(F)(F)F. The second-order valence-electron chi connectivity index (χ2n) is 2.83. The van der Waals surface area contributed by atoms with E-state index in [4.69, 9.17) is 0 Å². The number of rotatable bonds is 2. The zero-order chi connectivity index (χ0) is 13.4. The molecule has 0 saturated carbocycles. The summed E-state index contributed by atoms with van der Waals surface area (Å²) >= 11 is 2.67. The molecule has 0 aliphatic heterocycles. The van der Waals surface area contributed by atoms with Crippen LogP contribution >= 0.6 is 15.9 Å². The fourth-order valence-electron chi connectivity index (χ4n) is 1.16. The van der Waals surface area contributed by atoms with E-state index in [1.807, 2.05) is 0 Å². The van der Waals surface area contributed by atoms with Crippen molar-refractivity contribution in [1.29, 1.82) is 0 Å². The second-order valence-corrected chi connectivity index (χ2v) is 3.75. The first-order valence-corrected chi connectivity index (χ1v) is 4.63. The highest BCUT2D eigenvalue weighted by molar-refractivity contribution is 9.10. The molecule has 6 nitrogen and oxygen atoms in total. The highest BCUT2D eigenvalue weighted by Gasteiger charge is 2.45. The maximum atomic E-state index is 12.5. The number of hydrogen-bond donors (Lipinski definition) is 0. The number of halogens is 4. The number of hydrogen-bond acceptors (Lipinski definition) is 4. The third-order valence-electron chi connectivity index (χ3n) is 1.74. The first kappa shape index (κ1) is 13.4. The Bertz CT molecular complexity index is 467. The standard InChI is InChI=1S/C7H2BrF3N2O4/c8-3-1-4(12(14)15)6(7(9,10)11)5(2-3)13(16)17/h1-2H. The molecule has 0 spiro atoms. The van der Waals surface area contributed by atoms with Gasteiger partial charge in [-0.3, -0.25) is 20.2 Å². The summed E-state index contributed by atoms with van der Waals surface area (Å²) in [5.41, 5.74) is -4.59. The Morgan fingerprint density at radius 1 is 1.06 bits per heavy atom. The van der Waals surface area contributed by atoms with Crippen molar-refractivity contribution >= 4 is 27.3 Å². The van der Waals surface area contributed by atoms with Crippen molar-refractivity contribution in [3.8, 4) is 0 Å². The van der Waals surface area contributed by atoms with E-state index >= 15 is 0 Å². The molecule has 0 N–H and O–H groups in total. The topological polar surface area (TPSA) is 86.3 Å². The van der Waals surface area contributed by atoms with Crippen molar-refractivity contribution in [2.45, 2.75) is 6.18 Å². The second kappa shape index (κ2) is 4.28. The minimum absolute atomic E-state index is 0.177. The van der Waals surface area contributed by atoms with Gasteiger partial charge in [0.2, 0.25) is 5.56 Å². The van der Waals surface area contributed by atoms with Gasteiger partial charge in [-0.25, -0.2) is 0 Å². The zero-order valence-electron chi connectivity index (χ0n) is 7.69. The fourth-order valence-corrected chi connectivity index (χ4v) is 1.59. The smallest absolute Gasteiger partial charge is 0.258 e. The summed E-state index contributed by atoms with van der Waals surface area (Å²) in [7, 11) is 0. The van der Waals surface area contributed by atoms with Gasteiger partial charge in [-0.05, 0) is 0 Å². The van der Waals surface area contributed by atoms with Crippen LogP contribution in [0, 0.1) is 20.2 Å². The maximum Gasteiger partial charge on any atom is 0.429 e. The van der Waals surface area contributed by atoms with E-state index in [0.29, 0.717) is 12.1 Å². The highest BCUT2D eigenvalue weighted by Crippen LogP contribution is 2.43. The molecule has 0 saturated heterocycles. The van der Waals surface area contributed by atoms with Crippen LogP contribution in [0.25, 0.3) is 0 Å². The van der Waals surface area contributed by atoms with Gasteiger partial charge in [-0.15, -0.1) is 0 Å². The van der Waals surface area contributed by atoms with Gasteiger partial charge < -0.3 is 0 Å². The lowest BCUT2D eigenvalue weighted by molar-refractivity contribution is -0.400. The van der Waals surface area contributed by atoms with Crippen LogP contribution in [-0.4, -0.2) is 9.85 Å². The van der Waals surface area contributed by atoms with Crippen molar-refractivity contribution in [3.05, 3.63) is 42.4 Å². The summed E-state index contributed by atoms with van der Waals surface area (Å²) in [6.45, 7) is 0. The molecule has 92 valence electrons. The van der Waals surface area contributed by atoms with Crippen molar-refractivity contribution in [1.82, 2.24) is 0 Å². The Balaban J connectivity index is 3.72. The molecular weight excluding hydrogens is 313 g/mol. The van der Waals surface area contributed by atoms with Crippen molar-refractivity contribution < 1.29 is 23.0 Å². The monoisotopic (exact) mass is 314 g/mol. The highest BCUT2D eigenvalue weighted by atomic mass is 79.9. The number of nitro benzene ring substituents is 2. The van der Waals surface area contributed by atoms with Crippen LogP contribution in [0.2, 0.25) is 0 Å². The van der Waals surface area contributed by atoms with Crippen LogP contribution in [0.3, 0.4) is 0 Å². The Morgan fingerprint density at radius 2 is 1.41 bits per heavy atom. The zero-order valence-corrected chi connectivity index (χ0v) is 9.28. The van der Waals surface area contributed by atoms with Crippen LogP contribution in [0.15, 0.2) is 16.6 Å². The Labute approximate surface area is 99.5 Å². The largest absolute Gasteiger partial charge is 0.429 e. The van der Waals surface area contributed by atoms with E-state index < -0.39 is 33.0 Å². The van der Waals surface area contributed by atoms with Gasteiger partial charge in [0, 0.05) is 16.6 Å². The number of alkyl halides is 3. The Hall–Kier alpha value is -1.71. The molecule has 0 unspecified atom stereocenters. The lowest BCUT2D eigenvalue weighted by Gasteiger charge is -2.08. The van der Waals surface area contributed by atoms with Crippen molar-refractivity contribution in [2.75, 3.05) is 0 Å². The van der Waals surface area contributed by atoms with Crippen LogP contribution in [0.5, 0.6) is 0 Å². The van der Waals surface area contributed by atoms with E-state index in [2.05, 4.69) is 15.9 Å². The summed E-state index contributed by atoms with van der Waals surface area (Å²) in [4.78, 5) is 18.3. The quantitative estimate of drug-likeness (QED) is 0.619. The summed E-state index contributed by atoms with van der Waals surface area (Å²) in [5, 5.41) is 20.9. The molecule has 0 atom stereocenters. The number of nitro groups is 2. The normalized spacial score (nSPS) is 11.3. The number of benzene rings is 1. The molecular formula is C7H2BrF3N2O4. The Kier molecular flexibility index (Phi) is 3.36. The molecule has 0 radical (unpaired) electrons. The predicted molar refractivity (Wildman–Crippen MR) is 52.5 cm³/mol. The minimum atomic E-state index is -5.18. The summed E-state index contributed by atoms with van der Waals surface area (Å²) in [5.74, 6) is 0. The van der Waals surface area contributed by atoms with Crippen LogP contribution in [0.4, 0.5) is 24.5 Å². The van der Waals surface area contributed by atoms with Crippen molar-refractivity contribution in [2.24, 2.45) is 0 Å². The van der Waals surface area contributed by atoms with Gasteiger partial charge >= 0.3 is 6.18 Å². The lowest BCUT2D eigenvalue weighted by Crippen LogP contribution is -2.12. The molecule has 0 fully saturated rings. The molecule has 0 heterocycles. The summed E-state index contributed by atoms with van der Waals surface area (Å²) < 4.78 is 37.4. The van der Waals surface area contributed by atoms with Gasteiger partial charge in [0.15, 0.2) is 0 Å². The Morgan fingerprint density at radius 3 is 1.65 bits per heavy atom. The van der Waals surface area contributed by atoms with E-state index in [9.17, 15) is 33.4 Å². The predicted octanol–water partition coefficient (Wildman–Crippen LogP) is 3.28. The molecule has 0 amide bonds. The summed E-state index contributed by atoms with van der Waals surface area (Å²) in [6.07, 6.45) is -5.18. The van der Waals surface area contributed by atoms with Crippen molar-refractivity contribution in [3.63, 3.8) is 0 Å². The first-order valence-electron chi connectivity index (χ1n) is 3.84. The molecule has 0 aromatic heterocycles. The van der Waals surface area contributed by atoms with E-state index in [0.717, 1.165) is 0 Å². The van der Waals surface area contributed by atoms with E-state index in [1.54, 1.807) is 0 Å². The van der Waals surface area contributed by atoms with Gasteiger partial charge in [-0.1, -0.05) is 15.9 Å².